The molecule has 1 aromatic carbocycles. The molecule has 0 spiro atoms. The van der Waals surface area contributed by atoms with Crippen molar-refractivity contribution in [2.24, 2.45) is 11.8 Å². The normalized spacial score (nSPS) is 22.1. The number of likely N-dealkylation sites (tertiary alicyclic amines) is 2. The average Bonchev–Trinajstić information content (AvgIpc) is 2.63. The molecule has 138 valence electrons. The van der Waals surface area contributed by atoms with E-state index >= 15 is 0 Å². The molecule has 25 heavy (non-hydrogen) atoms. The largest absolute Gasteiger partial charge is 0.387 e. The van der Waals surface area contributed by atoms with Gasteiger partial charge in [-0.2, -0.15) is 0 Å². The Morgan fingerprint density at radius 2 is 1.72 bits per heavy atom. The summed E-state index contributed by atoms with van der Waals surface area (Å²) in [5.41, 5.74) is 0.738. The summed E-state index contributed by atoms with van der Waals surface area (Å²) in [4.78, 5) is 16.9. The van der Waals surface area contributed by atoms with Gasteiger partial charge in [0, 0.05) is 25.6 Å². The molecule has 5 heteroatoms. The topological polar surface area (TPSA) is 43.8 Å². The molecule has 0 saturated carbocycles. The van der Waals surface area contributed by atoms with Crippen LogP contribution in [-0.2, 0) is 4.79 Å². The van der Waals surface area contributed by atoms with Crippen LogP contribution in [0.4, 0.5) is 4.39 Å². The number of halogens is 1. The molecule has 0 radical (unpaired) electrons. The van der Waals surface area contributed by atoms with Gasteiger partial charge in [-0.3, -0.25) is 4.79 Å². The van der Waals surface area contributed by atoms with E-state index in [1.807, 2.05) is 4.90 Å². The van der Waals surface area contributed by atoms with Gasteiger partial charge in [0.2, 0.25) is 5.91 Å². The van der Waals surface area contributed by atoms with Gasteiger partial charge in [0.05, 0.1) is 6.10 Å². The summed E-state index contributed by atoms with van der Waals surface area (Å²) in [7, 11) is 0. The van der Waals surface area contributed by atoms with Crippen molar-refractivity contribution in [1.29, 1.82) is 0 Å². The predicted molar refractivity (Wildman–Crippen MR) is 95.5 cm³/mol. The van der Waals surface area contributed by atoms with E-state index in [0.717, 1.165) is 63.3 Å². The standard InChI is InChI=1S/C20H29FN2O2/c1-15-6-12-23(13-7-15)20(25)17-8-10-22(11-9-17)14-19(24)16-2-4-18(21)5-3-16/h2-5,15,17,19,24H,6-14H2,1H3. The summed E-state index contributed by atoms with van der Waals surface area (Å²) in [5, 5.41) is 10.3. The van der Waals surface area contributed by atoms with E-state index in [4.69, 9.17) is 0 Å². The third-order valence-corrected chi connectivity index (χ3v) is 5.72. The second-order valence-corrected chi connectivity index (χ2v) is 7.65. The lowest BCUT2D eigenvalue weighted by Gasteiger charge is -2.37. The van der Waals surface area contributed by atoms with Gasteiger partial charge in [-0.1, -0.05) is 19.1 Å². The number of rotatable bonds is 4. The van der Waals surface area contributed by atoms with Crippen molar-refractivity contribution >= 4 is 5.91 Å². The molecule has 2 saturated heterocycles. The van der Waals surface area contributed by atoms with Crippen molar-refractivity contribution in [1.82, 2.24) is 9.80 Å². The first-order valence-corrected chi connectivity index (χ1v) is 9.47. The predicted octanol–water partition coefficient (Wildman–Crippen LogP) is 2.83. The van der Waals surface area contributed by atoms with Crippen LogP contribution in [0.15, 0.2) is 24.3 Å². The van der Waals surface area contributed by atoms with Crippen molar-refractivity contribution in [3.05, 3.63) is 35.6 Å². The van der Waals surface area contributed by atoms with E-state index in [0.29, 0.717) is 12.5 Å². The number of β-amino-alcohol motifs (C(OH)–C–C–N with tert-alkyl or cyclic N) is 1. The second-order valence-electron chi connectivity index (χ2n) is 7.65. The van der Waals surface area contributed by atoms with Crippen molar-refractivity contribution in [3.8, 4) is 0 Å². The highest BCUT2D eigenvalue weighted by atomic mass is 19.1. The maximum Gasteiger partial charge on any atom is 0.225 e. The molecule has 4 nitrogen and oxygen atoms in total. The van der Waals surface area contributed by atoms with E-state index in [9.17, 15) is 14.3 Å². The molecule has 0 bridgehead atoms. The van der Waals surface area contributed by atoms with Crippen molar-refractivity contribution < 1.29 is 14.3 Å². The SMILES string of the molecule is CC1CCN(C(=O)C2CCN(CC(O)c3ccc(F)cc3)CC2)CC1. The highest BCUT2D eigenvalue weighted by molar-refractivity contribution is 5.79. The van der Waals surface area contributed by atoms with Gasteiger partial charge >= 0.3 is 0 Å². The summed E-state index contributed by atoms with van der Waals surface area (Å²) >= 11 is 0. The van der Waals surface area contributed by atoms with Gasteiger partial charge in [0.1, 0.15) is 5.82 Å². The fourth-order valence-electron chi connectivity index (χ4n) is 3.88. The third-order valence-electron chi connectivity index (χ3n) is 5.72. The molecule has 0 aliphatic carbocycles. The van der Waals surface area contributed by atoms with Gasteiger partial charge in [0.15, 0.2) is 0 Å². The summed E-state index contributed by atoms with van der Waals surface area (Å²) in [5.74, 6) is 0.902. The van der Waals surface area contributed by atoms with Crippen LogP contribution in [-0.4, -0.2) is 53.5 Å². The van der Waals surface area contributed by atoms with Gasteiger partial charge in [-0.25, -0.2) is 4.39 Å². The number of hydrogen-bond donors (Lipinski definition) is 1. The highest BCUT2D eigenvalue weighted by Crippen LogP contribution is 2.25. The zero-order valence-corrected chi connectivity index (χ0v) is 15.0. The van der Waals surface area contributed by atoms with Crippen LogP contribution >= 0.6 is 0 Å². The number of carbonyl (C=O) groups is 1. The van der Waals surface area contributed by atoms with E-state index in [2.05, 4.69) is 11.8 Å². The van der Waals surface area contributed by atoms with Crippen LogP contribution in [0.1, 0.15) is 44.3 Å². The first-order chi connectivity index (χ1) is 12.0. The van der Waals surface area contributed by atoms with Crippen molar-refractivity contribution in [2.75, 3.05) is 32.7 Å². The van der Waals surface area contributed by atoms with Crippen LogP contribution in [0, 0.1) is 17.7 Å². The summed E-state index contributed by atoms with van der Waals surface area (Å²) < 4.78 is 13.0. The van der Waals surface area contributed by atoms with Crippen LogP contribution in [0.2, 0.25) is 0 Å². The molecular weight excluding hydrogens is 319 g/mol. The quantitative estimate of drug-likeness (QED) is 0.910. The maximum absolute atomic E-state index is 13.0. The van der Waals surface area contributed by atoms with Crippen molar-refractivity contribution in [3.63, 3.8) is 0 Å². The Hall–Kier alpha value is -1.46. The fourth-order valence-corrected chi connectivity index (χ4v) is 3.88. The monoisotopic (exact) mass is 348 g/mol. The number of piperidine rings is 2. The first-order valence-electron chi connectivity index (χ1n) is 9.47. The lowest BCUT2D eigenvalue weighted by Crippen LogP contribution is -2.45. The average molecular weight is 348 g/mol. The van der Waals surface area contributed by atoms with Crippen LogP contribution in [0.5, 0.6) is 0 Å². The fraction of sp³-hybridized carbons (Fsp3) is 0.650. The first kappa shape index (κ1) is 18.3. The molecule has 2 heterocycles. The number of carbonyl (C=O) groups excluding carboxylic acids is 1. The summed E-state index contributed by atoms with van der Waals surface area (Å²) in [6, 6.07) is 6.02. The van der Waals surface area contributed by atoms with E-state index in [1.165, 1.54) is 12.1 Å². The molecule has 1 atom stereocenters. The molecule has 1 aromatic rings. The summed E-state index contributed by atoms with van der Waals surface area (Å²) in [6.45, 7) is 6.27. The molecule has 1 unspecified atom stereocenters. The number of amides is 1. The molecule has 1 amide bonds. The molecular formula is C20H29FN2O2. The van der Waals surface area contributed by atoms with E-state index in [-0.39, 0.29) is 11.7 Å². The third kappa shape index (κ3) is 4.79. The zero-order valence-electron chi connectivity index (χ0n) is 15.0. The van der Waals surface area contributed by atoms with Crippen LogP contribution in [0.3, 0.4) is 0 Å². The Morgan fingerprint density at radius 1 is 1.12 bits per heavy atom. The van der Waals surface area contributed by atoms with Gasteiger partial charge < -0.3 is 14.9 Å². The molecule has 0 aromatic heterocycles. The Balaban J connectivity index is 1.45. The van der Waals surface area contributed by atoms with E-state index < -0.39 is 6.10 Å². The number of nitrogens with zero attached hydrogens (tertiary/aromatic N) is 2. The van der Waals surface area contributed by atoms with Crippen molar-refractivity contribution in [2.45, 2.75) is 38.7 Å². The van der Waals surface area contributed by atoms with E-state index in [1.54, 1.807) is 12.1 Å². The minimum absolute atomic E-state index is 0.132. The van der Waals surface area contributed by atoms with Crippen LogP contribution in [0.25, 0.3) is 0 Å². The zero-order chi connectivity index (χ0) is 17.8. The molecule has 2 aliphatic rings. The minimum Gasteiger partial charge on any atom is -0.387 e. The Bertz CT molecular complexity index is 562. The Morgan fingerprint density at radius 3 is 2.32 bits per heavy atom. The minimum atomic E-state index is -0.614. The van der Waals surface area contributed by atoms with Gasteiger partial charge in [0.25, 0.3) is 0 Å². The second kappa shape index (κ2) is 8.28. The van der Waals surface area contributed by atoms with Gasteiger partial charge in [-0.15, -0.1) is 0 Å². The lowest BCUT2D eigenvalue weighted by molar-refractivity contribution is -0.138. The summed E-state index contributed by atoms with van der Waals surface area (Å²) in [6.07, 6.45) is 3.35. The number of benzene rings is 1. The Kier molecular flexibility index (Phi) is 6.07. The number of aliphatic hydroxyl groups is 1. The molecule has 3 rings (SSSR count). The Labute approximate surface area is 149 Å². The molecule has 2 aliphatic heterocycles. The number of hydrogen-bond acceptors (Lipinski definition) is 3. The van der Waals surface area contributed by atoms with Gasteiger partial charge in [-0.05, 0) is 62.4 Å². The maximum atomic E-state index is 13.0. The lowest BCUT2D eigenvalue weighted by atomic mass is 9.92. The highest BCUT2D eigenvalue weighted by Gasteiger charge is 2.30. The molecule has 1 N–H and O–H groups in total. The number of aliphatic hydroxyl groups excluding tert-OH is 1. The smallest absolute Gasteiger partial charge is 0.225 e. The van der Waals surface area contributed by atoms with Crippen LogP contribution < -0.4 is 0 Å². The molecule has 2 fully saturated rings.